The Morgan fingerprint density at radius 2 is 2.06 bits per heavy atom. The highest BCUT2D eigenvalue weighted by atomic mass is 16.5. The summed E-state index contributed by atoms with van der Waals surface area (Å²) in [7, 11) is 0. The van der Waals surface area contributed by atoms with Gasteiger partial charge in [0.05, 0.1) is 6.61 Å². The smallest absolute Gasteiger partial charge is 0.119 e. The molecule has 0 aromatic heterocycles. The Balaban J connectivity index is 2.38. The summed E-state index contributed by atoms with van der Waals surface area (Å²) in [4.78, 5) is 0. The Morgan fingerprint density at radius 3 is 2.71 bits per heavy atom. The average molecular weight is 235 g/mol. The SMILES string of the molecule is CCCNCC(C)(C)COc1cccc(C)c1. The predicted molar refractivity (Wildman–Crippen MR) is 73.6 cm³/mol. The molecule has 0 atom stereocenters. The van der Waals surface area contributed by atoms with Crippen LogP contribution in [0.3, 0.4) is 0 Å². The second kappa shape index (κ2) is 6.65. The zero-order chi connectivity index (χ0) is 12.7. The zero-order valence-corrected chi connectivity index (χ0v) is 11.5. The van der Waals surface area contributed by atoms with Crippen molar-refractivity contribution in [3.63, 3.8) is 0 Å². The number of hydrogen-bond donors (Lipinski definition) is 1. The molecular formula is C15H25NO. The summed E-state index contributed by atoms with van der Waals surface area (Å²) in [5.41, 5.74) is 1.41. The maximum atomic E-state index is 5.84. The molecule has 0 heterocycles. The molecule has 0 unspecified atom stereocenters. The highest BCUT2D eigenvalue weighted by Crippen LogP contribution is 2.18. The van der Waals surface area contributed by atoms with Crippen LogP contribution in [-0.2, 0) is 0 Å². The topological polar surface area (TPSA) is 21.3 Å². The summed E-state index contributed by atoms with van der Waals surface area (Å²) in [5.74, 6) is 0.966. The molecule has 0 aliphatic rings. The van der Waals surface area contributed by atoms with Gasteiger partial charge in [0, 0.05) is 12.0 Å². The molecule has 2 nitrogen and oxygen atoms in total. The first kappa shape index (κ1) is 14.0. The van der Waals surface area contributed by atoms with Crippen molar-refractivity contribution < 1.29 is 4.74 Å². The molecule has 0 saturated heterocycles. The molecule has 1 aromatic rings. The van der Waals surface area contributed by atoms with Gasteiger partial charge in [0.1, 0.15) is 5.75 Å². The molecule has 1 aromatic carbocycles. The standard InChI is InChI=1S/C15H25NO/c1-5-9-16-11-15(3,4)12-17-14-8-6-7-13(2)10-14/h6-8,10,16H,5,9,11-12H2,1-4H3. The third-order valence-corrected chi connectivity index (χ3v) is 2.65. The van der Waals surface area contributed by atoms with Crippen molar-refractivity contribution in [3.8, 4) is 5.75 Å². The van der Waals surface area contributed by atoms with E-state index in [-0.39, 0.29) is 5.41 Å². The molecule has 0 bridgehead atoms. The first-order valence-electron chi connectivity index (χ1n) is 6.44. The number of ether oxygens (including phenoxy) is 1. The second-order valence-corrected chi connectivity index (χ2v) is 5.45. The molecule has 0 aliphatic heterocycles. The predicted octanol–water partition coefficient (Wildman–Crippen LogP) is 3.40. The van der Waals surface area contributed by atoms with Crippen LogP contribution in [0.1, 0.15) is 32.8 Å². The average Bonchev–Trinajstić information content (AvgIpc) is 2.27. The van der Waals surface area contributed by atoms with Crippen LogP contribution in [0, 0.1) is 12.3 Å². The van der Waals surface area contributed by atoms with Crippen LogP contribution in [0.25, 0.3) is 0 Å². The Kier molecular flexibility index (Phi) is 5.49. The number of aryl methyl sites for hydroxylation is 1. The van der Waals surface area contributed by atoms with E-state index < -0.39 is 0 Å². The van der Waals surface area contributed by atoms with Crippen LogP contribution in [0.5, 0.6) is 5.75 Å². The highest BCUT2D eigenvalue weighted by Gasteiger charge is 2.18. The number of benzene rings is 1. The van der Waals surface area contributed by atoms with Crippen molar-refractivity contribution >= 4 is 0 Å². The quantitative estimate of drug-likeness (QED) is 0.731. The molecule has 0 fully saturated rings. The van der Waals surface area contributed by atoms with E-state index in [1.807, 2.05) is 12.1 Å². The Labute approximate surface area is 105 Å². The summed E-state index contributed by atoms with van der Waals surface area (Å²) in [6.45, 7) is 11.5. The molecule has 0 radical (unpaired) electrons. The maximum Gasteiger partial charge on any atom is 0.119 e. The van der Waals surface area contributed by atoms with Gasteiger partial charge in [0.15, 0.2) is 0 Å². The molecule has 96 valence electrons. The number of rotatable bonds is 7. The molecule has 17 heavy (non-hydrogen) atoms. The van der Waals surface area contributed by atoms with Gasteiger partial charge in [0.25, 0.3) is 0 Å². The van der Waals surface area contributed by atoms with E-state index in [2.05, 4.69) is 45.1 Å². The minimum atomic E-state index is 0.166. The van der Waals surface area contributed by atoms with Gasteiger partial charge < -0.3 is 10.1 Å². The van der Waals surface area contributed by atoms with Crippen LogP contribution >= 0.6 is 0 Å². The minimum absolute atomic E-state index is 0.166. The first-order valence-corrected chi connectivity index (χ1v) is 6.44. The molecular weight excluding hydrogens is 210 g/mol. The van der Waals surface area contributed by atoms with Gasteiger partial charge in [-0.1, -0.05) is 32.9 Å². The van der Waals surface area contributed by atoms with E-state index in [1.54, 1.807) is 0 Å². The Morgan fingerprint density at radius 1 is 1.29 bits per heavy atom. The molecule has 0 amide bonds. The normalized spacial score (nSPS) is 11.5. The third kappa shape index (κ3) is 5.73. The van der Waals surface area contributed by atoms with Gasteiger partial charge in [-0.15, -0.1) is 0 Å². The van der Waals surface area contributed by atoms with E-state index in [9.17, 15) is 0 Å². The van der Waals surface area contributed by atoms with Gasteiger partial charge in [-0.3, -0.25) is 0 Å². The first-order chi connectivity index (χ1) is 8.03. The third-order valence-electron chi connectivity index (χ3n) is 2.65. The number of hydrogen-bond acceptors (Lipinski definition) is 2. The second-order valence-electron chi connectivity index (χ2n) is 5.45. The molecule has 1 N–H and O–H groups in total. The van der Waals surface area contributed by atoms with Gasteiger partial charge in [-0.2, -0.15) is 0 Å². The molecule has 0 spiro atoms. The maximum absolute atomic E-state index is 5.84. The lowest BCUT2D eigenvalue weighted by Crippen LogP contribution is -2.34. The van der Waals surface area contributed by atoms with Gasteiger partial charge in [-0.05, 0) is 37.6 Å². The van der Waals surface area contributed by atoms with Crippen LogP contribution in [0.2, 0.25) is 0 Å². The van der Waals surface area contributed by atoms with Crippen molar-refractivity contribution in [1.29, 1.82) is 0 Å². The highest BCUT2D eigenvalue weighted by molar-refractivity contribution is 5.27. The van der Waals surface area contributed by atoms with E-state index in [1.165, 1.54) is 12.0 Å². The van der Waals surface area contributed by atoms with Crippen LogP contribution in [0.15, 0.2) is 24.3 Å². The van der Waals surface area contributed by atoms with Crippen molar-refractivity contribution in [2.75, 3.05) is 19.7 Å². The van der Waals surface area contributed by atoms with Crippen molar-refractivity contribution in [2.45, 2.75) is 34.1 Å². The lowest BCUT2D eigenvalue weighted by atomic mass is 9.95. The summed E-state index contributed by atoms with van der Waals surface area (Å²) in [5, 5.41) is 3.44. The van der Waals surface area contributed by atoms with E-state index in [4.69, 9.17) is 4.74 Å². The fourth-order valence-corrected chi connectivity index (χ4v) is 1.64. The summed E-state index contributed by atoms with van der Waals surface area (Å²) in [6, 6.07) is 8.21. The van der Waals surface area contributed by atoms with E-state index >= 15 is 0 Å². The zero-order valence-electron chi connectivity index (χ0n) is 11.5. The Bertz CT molecular complexity index is 333. The molecule has 0 aliphatic carbocycles. The molecule has 1 rings (SSSR count). The van der Waals surface area contributed by atoms with Gasteiger partial charge in [-0.25, -0.2) is 0 Å². The lowest BCUT2D eigenvalue weighted by molar-refractivity contribution is 0.176. The van der Waals surface area contributed by atoms with Crippen molar-refractivity contribution in [1.82, 2.24) is 5.32 Å². The fraction of sp³-hybridized carbons (Fsp3) is 0.600. The van der Waals surface area contributed by atoms with Crippen LogP contribution in [0.4, 0.5) is 0 Å². The minimum Gasteiger partial charge on any atom is -0.493 e. The Hall–Kier alpha value is -1.02. The van der Waals surface area contributed by atoms with Crippen LogP contribution < -0.4 is 10.1 Å². The van der Waals surface area contributed by atoms with Gasteiger partial charge >= 0.3 is 0 Å². The molecule has 0 saturated carbocycles. The summed E-state index contributed by atoms with van der Waals surface area (Å²) < 4.78 is 5.84. The summed E-state index contributed by atoms with van der Waals surface area (Å²) in [6.07, 6.45) is 1.18. The lowest BCUT2D eigenvalue weighted by Gasteiger charge is -2.25. The van der Waals surface area contributed by atoms with E-state index in [0.717, 1.165) is 25.4 Å². The largest absolute Gasteiger partial charge is 0.493 e. The monoisotopic (exact) mass is 235 g/mol. The number of nitrogens with one attached hydrogen (secondary N) is 1. The van der Waals surface area contributed by atoms with Gasteiger partial charge in [0.2, 0.25) is 0 Å². The van der Waals surface area contributed by atoms with Crippen molar-refractivity contribution in [3.05, 3.63) is 29.8 Å². The van der Waals surface area contributed by atoms with Crippen molar-refractivity contribution in [2.24, 2.45) is 5.41 Å². The fourth-order valence-electron chi connectivity index (χ4n) is 1.64. The molecule has 2 heteroatoms. The summed E-state index contributed by atoms with van der Waals surface area (Å²) >= 11 is 0. The van der Waals surface area contributed by atoms with E-state index in [0.29, 0.717) is 0 Å². The van der Waals surface area contributed by atoms with Crippen LogP contribution in [-0.4, -0.2) is 19.7 Å².